The lowest BCUT2D eigenvalue weighted by molar-refractivity contribution is -0.121. The number of carbonyl (C=O) groups excluding carboxylic acids is 1. The zero-order valence-corrected chi connectivity index (χ0v) is 15.7. The Balaban J connectivity index is 1.64. The number of nitrogens with zero attached hydrogens (tertiary/aromatic N) is 4. The molecule has 1 aliphatic carbocycles. The molecule has 1 N–H and O–H groups in total. The van der Waals surface area contributed by atoms with E-state index in [9.17, 15) is 4.79 Å². The smallest absolute Gasteiger partial charge is 0.233 e. The Morgan fingerprint density at radius 1 is 1.28 bits per heavy atom. The molecule has 0 aliphatic heterocycles. The zero-order valence-electron chi connectivity index (χ0n) is 14.9. The summed E-state index contributed by atoms with van der Waals surface area (Å²) in [4.78, 5) is 12.6. The van der Waals surface area contributed by atoms with Crippen molar-refractivity contribution >= 4 is 17.7 Å². The summed E-state index contributed by atoms with van der Waals surface area (Å²) in [5.74, 6) is 1.23. The predicted octanol–water partition coefficient (Wildman–Crippen LogP) is 3.08. The fourth-order valence-electron chi connectivity index (χ4n) is 3.28. The first-order valence-corrected chi connectivity index (χ1v) is 9.75. The molecule has 1 aliphatic rings. The van der Waals surface area contributed by atoms with Gasteiger partial charge in [0.05, 0.1) is 10.9 Å². The second kappa shape index (κ2) is 7.99. The molecule has 3 rings (SSSR count). The van der Waals surface area contributed by atoms with Gasteiger partial charge in [-0.1, -0.05) is 56.7 Å². The Bertz CT molecular complexity index is 705. The molecule has 1 heterocycles. The highest BCUT2D eigenvalue weighted by Crippen LogP contribution is 2.30. The minimum atomic E-state index is -0.252. The molecule has 1 saturated carbocycles. The van der Waals surface area contributed by atoms with E-state index in [1.807, 2.05) is 37.3 Å². The lowest BCUT2D eigenvalue weighted by atomic mass is 9.78. The number of benzene rings is 1. The van der Waals surface area contributed by atoms with Gasteiger partial charge in [-0.25, -0.2) is 0 Å². The largest absolute Gasteiger partial charge is 0.352 e. The standard InChI is InChI=1S/C18H25N5OS/c1-12-8-7-11-16(13(12)2)19-17(24)14(3)25-18-20-21-22-23(18)15-9-5-4-6-10-15/h4-6,9-10,12-14,16H,7-8,11H2,1-3H3,(H,19,24)/t12-,13+,14+,16-/m0/s1. The number of hydrogen-bond donors (Lipinski definition) is 1. The second-order valence-electron chi connectivity index (χ2n) is 6.85. The summed E-state index contributed by atoms with van der Waals surface area (Å²) in [6.07, 6.45) is 3.50. The number of thioether (sulfide) groups is 1. The number of nitrogens with one attached hydrogen (secondary N) is 1. The molecule has 1 fully saturated rings. The lowest BCUT2D eigenvalue weighted by Gasteiger charge is -2.35. The molecular weight excluding hydrogens is 334 g/mol. The molecule has 0 bridgehead atoms. The molecule has 4 atom stereocenters. The predicted molar refractivity (Wildman–Crippen MR) is 98.6 cm³/mol. The molecular formula is C18H25N5OS. The quantitative estimate of drug-likeness (QED) is 0.831. The van der Waals surface area contributed by atoms with E-state index in [1.54, 1.807) is 4.68 Å². The Morgan fingerprint density at radius 3 is 2.80 bits per heavy atom. The van der Waals surface area contributed by atoms with E-state index in [1.165, 1.54) is 24.6 Å². The van der Waals surface area contributed by atoms with Crippen molar-refractivity contribution in [3.05, 3.63) is 30.3 Å². The highest BCUT2D eigenvalue weighted by molar-refractivity contribution is 8.00. The average molecular weight is 359 g/mol. The fraction of sp³-hybridized carbons (Fsp3) is 0.556. The molecule has 1 aromatic carbocycles. The van der Waals surface area contributed by atoms with Gasteiger partial charge in [0.15, 0.2) is 0 Å². The molecule has 6 nitrogen and oxygen atoms in total. The van der Waals surface area contributed by atoms with Crippen molar-refractivity contribution in [2.24, 2.45) is 11.8 Å². The summed E-state index contributed by atoms with van der Waals surface area (Å²) in [6, 6.07) is 9.97. The third-order valence-electron chi connectivity index (χ3n) is 5.13. The Kier molecular flexibility index (Phi) is 5.73. The van der Waals surface area contributed by atoms with Crippen LogP contribution in [0.1, 0.15) is 40.0 Å². The van der Waals surface area contributed by atoms with Gasteiger partial charge in [-0.05, 0) is 47.7 Å². The van der Waals surface area contributed by atoms with Crippen LogP contribution in [-0.4, -0.2) is 37.4 Å². The lowest BCUT2D eigenvalue weighted by Crippen LogP contribution is -2.46. The van der Waals surface area contributed by atoms with E-state index >= 15 is 0 Å². The van der Waals surface area contributed by atoms with Gasteiger partial charge in [0, 0.05) is 6.04 Å². The normalized spacial score (nSPS) is 24.7. The third-order valence-corrected chi connectivity index (χ3v) is 6.16. The monoisotopic (exact) mass is 359 g/mol. The molecule has 134 valence electrons. The van der Waals surface area contributed by atoms with E-state index < -0.39 is 0 Å². The molecule has 0 spiro atoms. The van der Waals surface area contributed by atoms with Crippen LogP contribution < -0.4 is 5.32 Å². The number of hydrogen-bond acceptors (Lipinski definition) is 5. The summed E-state index contributed by atoms with van der Waals surface area (Å²) in [7, 11) is 0. The van der Waals surface area contributed by atoms with Crippen molar-refractivity contribution in [3.8, 4) is 5.69 Å². The van der Waals surface area contributed by atoms with Gasteiger partial charge in [-0.2, -0.15) is 4.68 Å². The van der Waals surface area contributed by atoms with E-state index in [4.69, 9.17) is 0 Å². The summed E-state index contributed by atoms with van der Waals surface area (Å²) in [6.45, 7) is 6.42. The van der Waals surface area contributed by atoms with E-state index in [2.05, 4.69) is 34.7 Å². The number of amides is 1. The maximum atomic E-state index is 12.6. The molecule has 7 heteroatoms. The molecule has 1 aromatic heterocycles. The first-order valence-electron chi connectivity index (χ1n) is 8.87. The van der Waals surface area contributed by atoms with Crippen molar-refractivity contribution in [3.63, 3.8) is 0 Å². The SMILES string of the molecule is C[C@H]1[C@@H](NC(=O)[C@@H](C)Sc2nnnn2-c2ccccc2)CCC[C@@H]1C. The average Bonchev–Trinajstić information content (AvgIpc) is 3.07. The summed E-state index contributed by atoms with van der Waals surface area (Å²) in [5, 5.41) is 15.5. The van der Waals surface area contributed by atoms with Crippen molar-refractivity contribution in [2.45, 2.75) is 56.5 Å². The van der Waals surface area contributed by atoms with Gasteiger partial charge < -0.3 is 5.32 Å². The minimum absolute atomic E-state index is 0.0542. The molecule has 0 saturated heterocycles. The Hall–Kier alpha value is -1.89. The third kappa shape index (κ3) is 4.21. The van der Waals surface area contributed by atoms with Gasteiger partial charge >= 0.3 is 0 Å². The van der Waals surface area contributed by atoms with Crippen LogP contribution in [0.15, 0.2) is 35.5 Å². The van der Waals surface area contributed by atoms with Crippen LogP contribution in [0.3, 0.4) is 0 Å². The number of tetrazole rings is 1. The zero-order chi connectivity index (χ0) is 17.8. The number of rotatable bonds is 5. The van der Waals surface area contributed by atoms with E-state index in [0.29, 0.717) is 17.0 Å². The number of para-hydroxylation sites is 1. The molecule has 2 aromatic rings. The van der Waals surface area contributed by atoms with Crippen LogP contribution in [0.2, 0.25) is 0 Å². The van der Waals surface area contributed by atoms with Gasteiger partial charge in [0.25, 0.3) is 0 Å². The Morgan fingerprint density at radius 2 is 2.04 bits per heavy atom. The first kappa shape index (κ1) is 17.9. The summed E-state index contributed by atoms with van der Waals surface area (Å²) in [5.41, 5.74) is 0.886. The highest BCUT2D eigenvalue weighted by Gasteiger charge is 2.30. The van der Waals surface area contributed by atoms with Crippen molar-refractivity contribution in [2.75, 3.05) is 0 Å². The minimum Gasteiger partial charge on any atom is -0.352 e. The van der Waals surface area contributed by atoms with Crippen molar-refractivity contribution in [1.29, 1.82) is 0 Å². The number of aromatic nitrogens is 4. The Labute approximate surface area is 152 Å². The van der Waals surface area contributed by atoms with Crippen LogP contribution in [0.4, 0.5) is 0 Å². The first-order chi connectivity index (χ1) is 12.1. The maximum absolute atomic E-state index is 12.6. The van der Waals surface area contributed by atoms with Crippen LogP contribution in [-0.2, 0) is 4.79 Å². The van der Waals surface area contributed by atoms with Gasteiger partial charge in [0.1, 0.15) is 0 Å². The number of carbonyl (C=O) groups is 1. The van der Waals surface area contributed by atoms with Crippen LogP contribution in [0.5, 0.6) is 0 Å². The van der Waals surface area contributed by atoms with Gasteiger partial charge in [0.2, 0.25) is 11.1 Å². The maximum Gasteiger partial charge on any atom is 0.233 e. The fourth-order valence-corrected chi connectivity index (χ4v) is 4.10. The van der Waals surface area contributed by atoms with Crippen LogP contribution in [0, 0.1) is 11.8 Å². The van der Waals surface area contributed by atoms with Crippen LogP contribution >= 0.6 is 11.8 Å². The summed E-state index contributed by atoms with van der Waals surface area (Å²) < 4.78 is 1.67. The van der Waals surface area contributed by atoms with E-state index in [-0.39, 0.29) is 17.2 Å². The highest BCUT2D eigenvalue weighted by atomic mass is 32.2. The van der Waals surface area contributed by atoms with Crippen LogP contribution in [0.25, 0.3) is 5.69 Å². The molecule has 1 amide bonds. The van der Waals surface area contributed by atoms with E-state index in [0.717, 1.165) is 12.1 Å². The molecule has 0 unspecified atom stereocenters. The second-order valence-corrected chi connectivity index (χ2v) is 8.16. The van der Waals surface area contributed by atoms with Crippen molar-refractivity contribution in [1.82, 2.24) is 25.5 Å². The topological polar surface area (TPSA) is 72.7 Å². The van der Waals surface area contributed by atoms with Crippen molar-refractivity contribution < 1.29 is 4.79 Å². The van der Waals surface area contributed by atoms with Gasteiger partial charge in [-0.15, -0.1) is 5.10 Å². The molecule has 25 heavy (non-hydrogen) atoms. The van der Waals surface area contributed by atoms with Gasteiger partial charge in [-0.3, -0.25) is 4.79 Å². The molecule has 0 radical (unpaired) electrons. The summed E-state index contributed by atoms with van der Waals surface area (Å²) >= 11 is 1.39.